The Bertz CT molecular complexity index is 665. The SMILES string of the molecule is Cc1ccc(NC(=O)C(C)(C)c2ccc(F)cc2)cc1Br. The average Bonchev–Trinajstić information content (AvgIpc) is 2.43. The molecule has 0 bridgehead atoms. The van der Waals surface area contributed by atoms with E-state index in [1.54, 1.807) is 12.1 Å². The van der Waals surface area contributed by atoms with Gasteiger partial charge in [0.2, 0.25) is 5.91 Å². The number of hydrogen-bond donors (Lipinski definition) is 1. The number of carbonyl (C=O) groups is 1. The molecule has 0 aliphatic heterocycles. The van der Waals surface area contributed by atoms with Gasteiger partial charge in [-0.05, 0) is 56.2 Å². The molecule has 110 valence electrons. The van der Waals surface area contributed by atoms with Gasteiger partial charge in [0.05, 0.1) is 5.41 Å². The maximum absolute atomic E-state index is 13.0. The zero-order valence-electron chi connectivity index (χ0n) is 12.2. The molecular weight excluding hydrogens is 333 g/mol. The number of aryl methyl sites for hydroxylation is 1. The van der Waals surface area contributed by atoms with Gasteiger partial charge in [0.1, 0.15) is 5.82 Å². The number of halogens is 2. The van der Waals surface area contributed by atoms with Crippen LogP contribution in [-0.4, -0.2) is 5.91 Å². The Morgan fingerprint density at radius 2 is 1.76 bits per heavy atom. The van der Waals surface area contributed by atoms with Crippen molar-refractivity contribution in [2.75, 3.05) is 5.32 Å². The molecule has 1 amide bonds. The molecule has 0 spiro atoms. The lowest BCUT2D eigenvalue weighted by atomic mass is 9.83. The Morgan fingerprint density at radius 1 is 1.14 bits per heavy atom. The lowest BCUT2D eigenvalue weighted by molar-refractivity contribution is -0.120. The van der Waals surface area contributed by atoms with E-state index in [4.69, 9.17) is 0 Å². The van der Waals surface area contributed by atoms with Crippen LogP contribution < -0.4 is 5.32 Å². The van der Waals surface area contributed by atoms with Crippen molar-refractivity contribution in [3.05, 3.63) is 63.9 Å². The molecule has 4 heteroatoms. The molecular formula is C17H17BrFNO. The third-order valence-electron chi connectivity index (χ3n) is 3.56. The number of anilines is 1. The summed E-state index contributed by atoms with van der Waals surface area (Å²) in [5.41, 5.74) is 1.86. The summed E-state index contributed by atoms with van der Waals surface area (Å²) in [6.07, 6.45) is 0. The van der Waals surface area contributed by atoms with E-state index in [1.807, 2.05) is 39.0 Å². The Kier molecular flexibility index (Phi) is 4.47. The zero-order valence-corrected chi connectivity index (χ0v) is 13.8. The van der Waals surface area contributed by atoms with E-state index in [9.17, 15) is 9.18 Å². The molecule has 21 heavy (non-hydrogen) atoms. The van der Waals surface area contributed by atoms with Gasteiger partial charge in [-0.2, -0.15) is 0 Å². The van der Waals surface area contributed by atoms with Gasteiger partial charge >= 0.3 is 0 Å². The molecule has 2 rings (SSSR count). The summed E-state index contributed by atoms with van der Waals surface area (Å²) in [7, 11) is 0. The van der Waals surface area contributed by atoms with E-state index < -0.39 is 5.41 Å². The predicted molar refractivity (Wildman–Crippen MR) is 86.9 cm³/mol. The third kappa shape index (κ3) is 3.50. The van der Waals surface area contributed by atoms with Crippen molar-refractivity contribution in [3.63, 3.8) is 0 Å². The van der Waals surface area contributed by atoms with Gasteiger partial charge in [0.25, 0.3) is 0 Å². The molecule has 1 N–H and O–H groups in total. The van der Waals surface area contributed by atoms with Crippen molar-refractivity contribution in [3.8, 4) is 0 Å². The molecule has 2 aromatic rings. The largest absolute Gasteiger partial charge is 0.325 e. The number of benzene rings is 2. The highest BCUT2D eigenvalue weighted by atomic mass is 79.9. The predicted octanol–water partition coefficient (Wildman–Crippen LogP) is 4.81. The fraction of sp³-hybridized carbons (Fsp3) is 0.235. The minimum atomic E-state index is -0.745. The van der Waals surface area contributed by atoms with Crippen molar-refractivity contribution in [1.29, 1.82) is 0 Å². The van der Waals surface area contributed by atoms with Crippen molar-refractivity contribution < 1.29 is 9.18 Å². The Hall–Kier alpha value is -1.68. The molecule has 2 aromatic carbocycles. The number of hydrogen-bond acceptors (Lipinski definition) is 1. The molecule has 0 saturated carbocycles. The average molecular weight is 350 g/mol. The van der Waals surface area contributed by atoms with Gasteiger partial charge in [0.15, 0.2) is 0 Å². The van der Waals surface area contributed by atoms with Gasteiger partial charge in [0, 0.05) is 10.2 Å². The van der Waals surface area contributed by atoms with E-state index in [2.05, 4.69) is 21.2 Å². The Labute approximate surface area is 132 Å². The van der Waals surface area contributed by atoms with Crippen molar-refractivity contribution >= 4 is 27.5 Å². The third-order valence-corrected chi connectivity index (χ3v) is 4.42. The van der Waals surface area contributed by atoms with Gasteiger partial charge in [-0.15, -0.1) is 0 Å². The highest BCUT2D eigenvalue weighted by Gasteiger charge is 2.29. The van der Waals surface area contributed by atoms with Crippen LogP contribution >= 0.6 is 15.9 Å². The second kappa shape index (κ2) is 5.98. The van der Waals surface area contributed by atoms with Crippen LogP contribution in [0.4, 0.5) is 10.1 Å². The molecule has 0 heterocycles. The lowest BCUT2D eigenvalue weighted by Gasteiger charge is -2.24. The zero-order chi connectivity index (χ0) is 15.6. The minimum absolute atomic E-state index is 0.134. The van der Waals surface area contributed by atoms with Crippen LogP contribution in [0.1, 0.15) is 25.0 Å². The van der Waals surface area contributed by atoms with Gasteiger partial charge in [-0.3, -0.25) is 4.79 Å². The van der Waals surface area contributed by atoms with Crippen molar-refractivity contribution in [2.24, 2.45) is 0 Å². The summed E-state index contributed by atoms with van der Waals surface area (Å²) in [4.78, 5) is 12.5. The van der Waals surface area contributed by atoms with Crippen molar-refractivity contribution in [2.45, 2.75) is 26.2 Å². The van der Waals surface area contributed by atoms with Crippen LogP contribution in [0.15, 0.2) is 46.9 Å². The van der Waals surface area contributed by atoms with Crippen molar-refractivity contribution in [1.82, 2.24) is 0 Å². The number of amides is 1. The molecule has 0 aliphatic carbocycles. The van der Waals surface area contributed by atoms with Crippen LogP contribution in [0, 0.1) is 12.7 Å². The first-order chi connectivity index (χ1) is 9.80. The van der Waals surface area contributed by atoms with Crippen LogP contribution in [0.3, 0.4) is 0 Å². The maximum atomic E-state index is 13.0. The van der Waals surface area contributed by atoms with E-state index in [0.29, 0.717) is 0 Å². The molecule has 0 unspecified atom stereocenters. The van der Waals surface area contributed by atoms with E-state index in [1.165, 1.54) is 12.1 Å². The smallest absolute Gasteiger partial charge is 0.234 e. The van der Waals surface area contributed by atoms with Gasteiger partial charge in [-0.1, -0.05) is 34.1 Å². The number of nitrogens with one attached hydrogen (secondary N) is 1. The molecule has 0 atom stereocenters. The molecule has 2 nitrogen and oxygen atoms in total. The quantitative estimate of drug-likeness (QED) is 0.845. The summed E-state index contributed by atoms with van der Waals surface area (Å²) >= 11 is 3.45. The molecule has 0 radical (unpaired) electrons. The fourth-order valence-corrected chi connectivity index (χ4v) is 2.33. The van der Waals surface area contributed by atoms with Crippen LogP contribution in [-0.2, 0) is 10.2 Å². The summed E-state index contributed by atoms with van der Waals surface area (Å²) < 4.78 is 13.9. The summed E-state index contributed by atoms with van der Waals surface area (Å²) in [5, 5.41) is 2.90. The fourth-order valence-electron chi connectivity index (χ4n) is 1.96. The highest BCUT2D eigenvalue weighted by molar-refractivity contribution is 9.10. The monoisotopic (exact) mass is 349 g/mol. The molecule has 0 saturated heterocycles. The summed E-state index contributed by atoms with van der Waals surface area (Å²) in [6.45, 7) is 5.62. The topological polar surface area (TPSA) is 29.1 Å². The number of rotatable bonds is 3. The van der Waals surface area contributed by atoms with Gasteiger partial charge in [-0.25, -0.2) is 4.39 Å². The first kappa shape index (κ1) is 15.7. The normalized spacial score (nSPS) is 11.3. The van der Waals surface area contributed by atoms with E-state index >= 15 is 0 Å². The highest BCUT2D eigenvalue weighted by Crippen LogP contribution is 2.27. The first-order valence-corrected chi connectivity index (χ1v) is 7.43. The lowest BCUT2D eigenvalue weighted by Crippen LogP contribution is -2.34. The maximum Gasteiger partial charge on any atom is 0.234 e. The standard InChI is InChI=1S/C17H17BrFNO/c1-11-4-9-14(10-15(11)18)20-16(21)17(2,3)12-5-7-13(19)8-6-12/h4-10H,1-3H3,(H,20,21). The van der Waals surface area contributed by atoms with E-state index in [-0.39, 0.29) is 11.7 Å². The van der Waals surface area contributed by atoms with Crippen LogP contribution in [0.2, 0.25) is 0 Å². The van der Waals surface area contributed by atoms with Crippen LogP contribution in [0.25, 0.3) is 0 Å². The van der Waals surface area contributed by atoms with Gasteiger partial charge < -0.3 is 5.32 Å². The minimum Gasteiger partial charge on any atom is -0.325 e. The molecule has 0 aliphatic rings. The Balaban J connectivity index is 2.21. The first-order valence-electron chi connectivity index (χ1n) is 6.64. The Morgan fingerprint density at radius 3 is 2.33 bits per heavy atom. The molecule has 0 aromatic heterocycles. The number of carbonyl (C=O) groups excluding carboxylic acids is 1. The molecule has 0 fully saturated rings. The summed E-state index contributed by atoms with van der Waals surface area (Å²) in [6, 6.07) is 11.7. The second-order valence-corrected chi connectivity index (χ2v) is 6.40. The second-order valence-electron chi connectivity index (χ2n) is 5.55. The van der Waals surface area contributed by atoms with Crippen LogP contribution in [0.5, 0.6) is 0 Å². The van der Waals surface area contributed by atoms with E-state index in [0.717, 1.165) is 21.3 Å². The summed E-state index contributed by atoms with van der Waals surface area (Å²) in [5.74, 6) is -0.442.